The largest absolute Gasteiger partial charge is 0.416 e. The number of nitrogens with zero attached hydrogens (tertiary/aromatic N) is 2. The van der Waals surface area contributed by atoms with Crippen molar-refractivity contribution in [2.75, 3.05) is 5.32 Å². The van der Waals surface area contributed by atoms with Gasteiger partial charge in [-0.3, -0.25) is 4.79 Å². The van der Waals surface area contributed by atoms with Gasteiger partial charge in [0.25, 0.3) is 5.91 Å². The van der Waals surface area contributed by atoms with Crippen LogP contribution in [-0.2, 0) is 6.18 Å². The van der Waals surface area contributed by atoms with Crippen molar-refractivity contribution in [2.24, 2.45) is 0 Å². The number of rotatable bonds is 3. The van der Waals surface area contributed by atoms with Gasteiger partial charge in [0.1, 0.15) is 5.69 Å². The van der Waals surface area contributed by atoms with Gasteiger partial charge in [-0.1, -0.05) is 48.0 Å². The van der Waals surface area contributed by atoms with E-state index in [-0.39, 0.29) is 11.3 Å². The van der Waals surface area contributed by atoms with Crippen LogP contribution in [0.1, 0.15) is 21.5 Å². The fourth-order valence-corrected chi connectivity index (χ4v) is 3.21. The minimum atomic E-state index is -4.50. The Labute approximate surface area is 170 Å². The van der Waals surface area contributed by atoms with Gasteiger partial charge in [-0.2, -0.15) is 13.2 Å². The van der Waals surface area contributed by atoms with Gasteiger partial charge in [-0.25, -0.2) is 0 Å². The molecule has 1 heterocycles. The number of hydrogen-bond donors (Lipinski definition) is 1. The highest BCUT2D eigenvalue weighted by Crippen LogP contribution is 2.32. The van der Waals surface area contributed by atoms with Crippen LogP contribution in [-0.4, -0.2) is 16.1 Å². The van der Waals surface area contributed by atoms with Gasteiger partial charge in [0.05, 0.1) is 16.6 Å². The maximum atomic E-state index is 13.2. The first kappa shape index (κ1) is 19.6. The smallest absolute Gasteiger partial charge is 0.322 e. The predicted octanol–water partition coefficient (Wildman–Crippen LogP) is 5.88. The quantitative estimate of drug-likeness (QED) is 0.462. The molecule has 1 N–H and O–H groups in total. The molecule has 0 unspecified atom stereocenters. The number of halogens is 3. The van der Waals surface area contributed by atoms with E-state index in [1.807, 2.05) is 37.3 Å². The summed E-state index contributed by atoms with van der Waals surface area (Å²) in [6.45, 7) is 1.89. The van der Waals surface area contributed by atoms with Crippen LogP contribution in [0.3, 0.4) is 0 Å². The molecular formula is C23H16F3N3O. The predicted molar refractivity (Wildman–Crippen MR) is 109 cm³/mol. The maximum absolute atomic E-state index is 13.2. The molecule has 0 saturated carbocycles. The Bertz CT molecular complexity index is 1240. The molecule has 4 aromatic rings. The molecule has 0 aliphatic heterocycles. The summed E-state index contributed by atoms with van der Waals surface area (Å²) < 4.78 is 39.1. The first-order chi connectivity index (χ1) is 14.3. The van der Waals surface area contributed by atoms with E-state index < -0.39 is 17.6 Å². The first-order valence-electron chi connectivity index (χ1n) is 9.14. The van der Waals surface area contributed by atoms with Gasteiger partial charge in [0, 0.05) is 16.6 Å². The zero-order chi connectivity index (χ0) is 21.3. The molecule has 0 saturated heterocycles. The van der Waals surface area contributed by atoms with E-state index in [0.717, 1.165) is 17.7 Å². The topological polar surface area (TPSA) is 54.9 Å². The van der Waals surface area contributed by atoms with Crippen molar-refractivity contribution in [3.8, 4) is 11.3 Å². The molecule has 0 fully saturated rings. The van der Waals surface area contributed by atoms with Crippen LogP contribution in [0.4, 0.5) is 18.9 Å². The van der Waals surface area contributed by atoms with Gasteiger partial charge in [0.2, 0.25) is 0 Å². The summed E-state index contributed by atoms with van der Waals surface area (Å²) in [5, 5.41) is 11.6. The average Bonchev–Trinajstić information content (AvgIpc) is 2.73. The molecule has 0 spiro atoms. The number of carbonyl (C=O) groups excluding carboxylic acids is 1. The summed E-state index contributed by atoms with van der Waals surface area (Å²) in [6, 6.07) is 19.0. The molecule has 0 aliphatic carbocycles. The van der Waals surface area contributed by atoms with Gasteiger partial charge < -0.3 is 5.32 Å². The van der Waals surface area contributed by atoms with E-state index in [4.69, 9.17) is 0 Å². The van der Waals surface area contributed by atoms with Crippen molar-refractivity contribution < 1.29 is 18.0 Å². The zero-order valence-corrected chi connectivity index (χ0v) is 15.9. The third-order valence-corrected chi connectivity index (χ3v) is 4.64. The molecule has 3 aromatic carbocycles. The maximum Gasteiger partial charge on any atom is 0.416 e. The fourth-order valence-electron chi connectivity index (χ4n) is 3.21. The van der Waals surface area contributed by atoms with Crippen molar-refractivity contribution in [3.63, 3.8) is 0 Å². The van der Waals surface area contributed by atoms with Gasteiger partial charge in [0.15, 0.2) is 0 Å². The van der Waals surface area contributed by atoms with Crippen molar-refractivity contribution in [1.82, 2.24) is 10.2 Å². The highest BCUT2D eigenvalue weighted by Gasteiger charge is 2.30. The Kier molecular flexibility index (Phi) is 4.95. The Morgan fingerprint density at radius 3 is 2.40 bits per heavy atom. The number of alkyl halides is 3. The van der Waals surface area contributed by atoms with Crippen LogP contribution in [0.2, 0.25) is 0 Å². The third kappa shape index (κ3) is 3.87. The Hall–Kier alpha value is -3.74. The normalized spacial score (nSPS) is 11.5. The number of benzene rings is 3. The molecular weight excluding hydrogens is 391 g/mol. The Balaban J connectivity index is 1.84. The molecule has 1 amide bonds. The number of anilines is 1. The lowest BCUT2D eigenvalue weighted by Gasteiger charge is -2.14. The number of fused-ring (bicyclic) bond motifs is 1. The molecule has 7 heteroatoms. The monoisotopic (exact) mass is 407 g/mol. The SMILES string of the molecule is Cc1ccc2nnc(-c3ccccc3)c(C(=O)Nc3cccc(C(F)(F)F)c3)c2c1. The second kappa shape index (κ2) is 7.59. The Morgan fingerprint density at radius 2 is 1.67 bits per heavy atom. The highest BCUT2D eigenvalue weighted by atomic mass is 19.4. The lowest BCUT2D eigenvalue weighted by Crippen LogP contribution is -2.16. The van der Waals surface area contributed by atoms with Crippen LogP contribution in [0.25, 0.3) is 22.2 Å². The van der Waals surface area contributed by atoms with Gasteiger partial charge in [-0.05, 0) is 37.3 Å². The first-order valence-corrected chi connectivity index (χ1v) is 9.14. The molecule has 0 aliphatic rings. The highest BCUT2D eigenvalue weighted by molar-refractivity contribution is 6.16. The molecule has 150 valence electrons. The van der Waals surface area contributed by atoms with Crippen LogP contribution in [0.5, 0.6) is 0 Å². The van der Waals surface area contributed by atoms with E-state index in [1.165, 1.54) is 12.1 Å². The summed E-state index contributed by atoms with van der Waals surface area (Å²) in [4.78, 5) is 13.2. The fraction of sp³-hybridized carbons (Fsp3) is 0.0870. The molecule has 1 aromatic heterocycles. The minimum absolute atomic E-state index is 0.0476. The standard InChI is InChI=1S/C23H16F3N3O/c1-14-10-11-19-18(12-14)20(21(29-28-19)15-6-3-2-4-7-15)22(30)27-17-9-5-8-16(13-17)23(24,25)26/h2-13H,1H3,(H,27,30). The van der Waals surface area contributed by atoms with E-state index in [0.29, 0.717) is 22.2 Å². The van der Waals surface area contributed by atoms with Crippen LogP contribution < -0.4 is 5.32 Å². The third-order valence-electron chi connectivity index (χ3n) is 4.64. The number of aromatic nitrogens is 2. The number of nitrogens with one attached hydrogen (secondary N) is 1. The molecule has 0 radical (unpaired) electrons. The van der Waals surface area contributed by atoms with E-state index in [9.17, 15) is 18.0 Å². The Morgan fingerprint density at radius 1 is 0.900 bits per heavy atom. The lowest BCUT2D eigenvalue weighted by atomic mass is 10.00. The second-order valence-corrected chi connectivity index (χ2v) is 6.84. The number of carbonyl (C=O) groups is 1. The van der Waals surface area contributed by atoms with Gasteiger partial charge in [-0.15, -0.1) is 10.2 Å². The van der Waals surface area contributed by atoms with E-state index >= 15 is 0 Å². The summed E-state index contributed by atoms with van der Waals surface area (Å²) in [5.41, 5.74) is 1.95. The molecule has 0 bridgehead atoms. The number of hydrogen-bond acceptors (Lipinski definition) is 3. The second-order valence-electron chi connectivity index (χ2n) is 6.84. The van der Waals surface area contributed by atoms with Crippen LogP contribution >= 0.6 is 0 Å². The zero-order valence-electron chi connectivity index (χ0n) is 15.9. The lowest BCUT2D eigenvalue weighted by molar-refractivity contribution is -0.137. The molecule has 4 rings (SSSR count). The average molecular weight is 407 g/mol. The van der Waals surface area contributed by atoms with E-state index in [2.05, 4.69) is 15.5 Å². The summed E-state index contributed by atoms with van der Waals surface area (Å²) in [5.74, 6) is -0.557. The summed E-state index contributed by atoms with van der Waals surface area (Å²) >= 11 is 0. The number of aryl methyl sites for hydroxylation is 1. The number of amides is 1. The minimum Gasteiger partial charge on any atom is -0.322 e. The van der Waals surface area contributed by atoms with Gasteiger partial charge >= 0.3 is 6.18 Å². The molecule has 30 heavy (non-hydrogen) atoms. The van der Waals surface area contributed by atoms with Crippen molar-refractivity contribution in [3.05, 3.63) is 89.5 Å². The molecule has 0 atom stereocenters. The van der Waals surface area contributed by atoms with Crippen molar-refractivity contribution in [1.29, 1.82) is 0 Å². The van der Waals surface area contributed by atoms with Crippen LogP contribution in [0, 0.1) is 6.92 Å². The summed E-state index contributed by atoms with van der Waals surface area (Å²) in [7, 11) is 0. The van der Waals surface area contributed by atoms with Crippen LogP contribution in [0.15, 0.2) is 72.8 Å². The van der Waals surface area contributed by atoms with Crippen molar-refractivity contribution in [2.45, 2.75) is 13.1 Å². The molecule has 4 nitrogen and oxygen atoms in total. The summed E-state index contributed by atoms with van der Waals surface area (Å²) in [6.07, 6.45) is -4.50. The van der Waals surface area contributed by atoms with Crippen molar-refractivity contribution >= 4 is 22.5 Å². The van der Waals surface area contributed by atoms with E-state index in [1.54, 1.807) is 18.2 Å².